The van der Waals surface area contributed by atoms with Crippen LogP contribution in [0.4, 0.5) is 5.69 Å². The largest absolute Gasteiger partial charge is 0.508 e. The van der Waals surface area contributed by atoms with Gasteiger partial charge in [0.05, 0.1) is 14.2 Å². The molecule has 1 amide bonds. The maximum Gasteiger partial charge on any atom is 0.263 e. The van der Waals surface area contributed by atoms with Gasteiger partial charge in [0, 0.05) is 24.5 Å². The van der Waals surface area contributed by atoms with Gasteiger partial charge in [0.15, 0.2) is 11.5 Å². The lowest BCUT2D eigenvalue weighted by Crippen LogP contribution is -2.27. The van der Waals surface area contributed by atoms with E-state index in [1.807, 2.05) is 18.2 Å². The average molecular weight is 367 g/mol. The van der Waals surface area contributed by atoms with E-state index < -0.39 is 5.91 Å². The van der Waals surface area contributed by atoms with Gasteiger partial charge in [-0.2, -0.15) is 5.26 Å². The monoisotopic (exact) mass is 367 g/mol. The Morgan fingerprint density at radius 2 is 1.96 bits per heavy atom. The van der Waals surface area contributed by atoms with Gasteiger partial charge in [-0.25, -0.2) is 0 Å². The first kappa shape index (κ1) is 19.7. The zero-order valence-electron chi connectivity index (χ0n) is 15.2. The van der Waals surface area contributed by atoms with Gasteiger partial charge >= 0.3 is 0 Å². The third-order valence-electron chi connectivity index (χ3n) is 3.74. The fourth-order valence-corrected chi connectivity index (χ4v) is 2.35. The smallest absolute Gasteiger partial charge is 0.263 e. The molecule has 2 aromatic rings. The van der Waals surface area contributed by atoms with E-state index in [-0.39, 0.29) is 11.3 Å². The van der Waals surface area contributed by atoms with Crippen LogP contribution in [-0.4, -0.2) is 31.8 Å². The van der Waals surface area contributed by atoms with E-state index in [9.17, 15) is 15.2 Å². The predicted molar refractivity (Wildman–Crippen MR) is 102 cm³/mol. The van der Waals surface area contributed by atoms with Crippen LogP contribution in [0, 0.1) is 11.3 Å². The van der Waals surface area contributed by atoms with E-state index in [0.29, 0.717) is 30.2 Å². The minimum atomic E-state index is -0.481. The van der Waals surface area contributed by atoms with Crippen LogP contribution in [0.15, 0.2) is 54.2 Å². The Morgan fingerprint density at radius 1 is 1.19 bits per heavy atom. The van der Waals surface area contributed by atoms with E-state index in [0.717, 1.165) is 5.56 Å². The lowest BCUT2D eigenvalue weighted by Gasteiger charge is -2.10. The SMILES string of the molecule is COc1ccc(CCNC(=O)/C(C#N)=C\Nc2cccc(O)c2)cc1OC. The first-order valence-corrected chi connectivity index (χ1v) is 8.22. The molecule has 27 heavy (non-hydrogen) atoms. The highest BCUT2D eigenvalue weighted by Gasteiger charge is 2.09. The van der Waals surface area contributed by atoms with Crippen molar-refractivity contribution in [1.82, 2.24) is 5.32 Å². The molecule has 7 heteroatoms. The number of nitrogens with one attached hydrogen (secondary N) is 2. The summed E-state index contributed by atoms with van der Waals surface area (Å²) in [5.74, 6) is 0.865. The number of hydrogen-bond donors (Lipinski definition) is 3. The Bertz CT molecular complexity index is 872. The number of carbonyl (C=O) groups excluding carboxylic acids is 1. The number of anilines is 1. The molecule has 0 saturated carbocycles. The molecule has 0 saturated heterocycles. The highest BCUT2D eigenvalue weighted by molar-refractivity contribution is 5.97. The number of rotatable bonds is 8. The quantitative estimate of drug-likeness (QED) is 0.489. The number of hydrogen-bond acceptors (Lipinski definition) is 6. The number of phenols is 1. The zero-order chi connectivity index (χ0) is 19.6. The summed E-state index contributed by atoms with van der Waals surface area (Å²) >= 11 is 0. The predicted octanol–water partition coefficient (Wildman–Crippen LogP) is 2.59. The van der Waals surface area contributed by atoms with Crippen molar-refractivity contribution in [3.05, 3.63) is 59.8 Å². The fourth-order valence-electron chi connectivity index (χ4n) is 2.35. The molecule has 0 unspecified atom stereocenters. The highest BCUT2D eigenvalue weighted by Crippen LogP contribution is 2.27. The molecule has 0 aliphatic rings. The molecule has 3 N–H and O–H groups in total. The molecule has 0 bridgehead atoms. The van der Waals surface area contributed by atoms with Crippen LogP contribution in [0.2, 0.25) is 0 Å². The van der Waals surface area contributed by atoms with Crippen LogP contribution in [0.5, 0.6) is 17.2 Å². The molecule has 0 spiro atoms. The number of nitriles is 1. The third-order valence-corrected chi connectivity index (χ3v) is 3.74. The molecule has 2 aromatic carbocycles. The van der Waals surface area contributed by atoms with Gasteiger partial charge in [0.2, 0.25) is 0 Å². The number of nitrogens with zero attached hydrogens (tertiary/aromatic N) is 1. The second-order valence-corrected chi connectivity index (χ2v) is 5.56. The number of methoxy groups -OCH3 is 2. The Morgan fingerprint density at radius 3 is 2.63 bits per heavy atom. The lowest BCUT2D eigenvalue weighted by molar-refractivity contribution is -0.117. The summed E-state index contributed by atoms with van der Waals surface area (Å²) in [5, 5.41) is 24.1. The van der Waals surface area contributed by atoms with Crippen molar-refractivity contribution >= 4 is 11.6 Å². The van der Waals surface area contributed by atoms with Gasteiger partial charge in [-0.3, -0.25) is 4.79 Å². The minimum Gasteiger partial charge on any atom is -0.508 e. The van der Waals surface area contributed by atoms with Crippen LogP contribution in [0.1, 0.15) is 5.56 Å². The topological polar surface area (TPSA) is 104 Å². The summed E-state index contributed by atoms with van der Waals surface area (Å²) in [6.45, 7) is 0.361. The zero-order valence-corrected chi connectivity index (χ0v) is 15.2. The van der Waals surface area contributed by atoms with E-state index >= 15 is 0 Å². The number of aromatic hydroxyl groups is 1. The first-order chi connectivity index (χ1) is 13.1. The van der Waals surface area contributed by atoms with E-state index in [2.05, 4.69) is 10.6 Å². The Kier molecular flexibility index (Phi) is 7.08. The highest BCUT2D eigenvalue weighted by atomic mass is 16.5. The maximum absolute atomic E-state index is 12.1. The van der Waals surface area contributed by atoms with Gasteiger partial charge < -0.3 is 25.2 Å². The molecular formula is C20H21N3O4. The van der Waals surface area contributed by atoms with Gasteiger partial charge in [0.25, 0.3) is 5.91 Å². The molecule has 0 aromatic heterocycles. The van der Waals surface area contributed by atoms with Crippen LogP contribution in [0.25, 0.3) is 0 Å². The Hall–Kier alpha value is -3.66. The number of ether oxygens (including phenoxy) is 2. The number of phenolic OH excluding ortho intramolecular Hbond substituents is 1. The van der Waals surface area contributed by atoms with Crippen LogP contribution >= 0.6 is 0 Å². The van der Waals surface area contributed by atoms with Crippen molar-refractivity contribution in [3.63, 3.8) is 0 Å². The maximum atomic E-state index is 12.1. The van der Waals surface area contributed by atoms with Crippen molar-refractivity contribution in [3.8, 4) is 23.3 Å². The molecule has 0 aliphatic heterocycles. The molecule has 0 radical (unpaired) electrons. The fraction of sp³-hybridized carbons (Fsp3) is 0.200. The van der Waals surface area contributed by atoms with E-state index in [4.69, 9.17) is 9.47 Å². The normalized spacial score (nSPS) is 10.6. The summed E-state index contributed by atoms with van der Waals surface area (Å²) in [4.78, 5) is 12.1. The lowest BCUT2D eigenvalue weighted by atomic mass is 10.1. The van der Waals surface area contributed by atoms with Crippen molar-refractivity contribution in [2.45, 2.75) is 6.42 Å². The van der Waals surface area contributed by atoms with Crippen LogP contribution < -0.4 is 20.1 Å². The summed E-state index contributed by atoms with van der Waals surface area (Å²) < 4.78 is 10.4. The van der Waals surface area contributed by atoms with Crippen LogP contribution in [-0.2, 0) is 11.2 Å². The van der Waals surface area contributed by atoms with Crippen molar-refractivity contribution in [1.29, 1.82) is 5.26 Å². The van der Waals surface area contributed by atoms with Gasteiger partial charge in [-0.1, -0.05) is 12.1 Å². The van der Waals surface area contributed by atoms with Gasteiger partial charge in [-0.15, -0.1) is 0 Å². The first-order valence-electron chi connectivity index (χ1n) is 8.22. The van der Waals surface area contributed by atoms with Gasteiger partial charge in [0.1, 0.15) is 17.4 Å². The molecule has 0 fully saturated rings. The van der Waals surface area contributed by atoms with Crippen molar-refractivity contribution < 1.29 is 19.4 Å². The second-order valence-electron chi connectivity index (χ2n) is 5.56. The minimum absolute atomic E-state index is 0.0642. The van der Waals surface area contributed by atoms with Gasteiger partial charge in [-0.05, 0) is 36.2 Å². The number of carbonyl (C=O) groups is 1. The summed E-state index contributed by atoms with van der Waals surface area (Å²) in [6, 6.07) is 13.8. The molecule has 7 nitrogen and oxygen atoms in total. The standard InChI is InChI=1S/C20H21N3O4/c1-26-18-7-6-14(10-19(18)27-2)8-9-22-20(25)15(12-21)13-23-16-4-3-5-17(24)11-16/h3-7,10-11,13,23-24H,8-9H2,1-2H3,(H,22,25)/b15-13-. The Balaban J connectivity index is 1.91. The molecule has 0 heterocycles. The average Bonchev–Trinajstić information content (AvgIpc) is 2.68. The molecule has 2 rings (SSSR count). The number of amides is 1. The van der Waals surface area contributed by atoms with Crippen LogP contribution in [0.3, 0.4) is 0 Å². The summed E-state index contributed by atoms with van der Waals surface area (Å²) in [7, 11) is 3.13. The molecular weight excluding hydrogens is 346 g/mol. The molecule has 140 valence electrons. The molecule has 0 aliphatic carbocycles. The summed E-state index contributed by atoms with van der Waals surface area (Å²) in [6.07, 6.45) is 1.88. The van der Waals surface area contributed by atoms with E-state index in [1.54, 1.807) is 32.4 Å². The number of benzene rings is 2. The van der Waals surface area contributed by atoms with Crippen molar-refractivity contribution in [2.24, 2.45) is 0 Å². The third kappa shape index (κ3) is 5.68. The Labute approximate surface area is 157 Å². The van der Waals surface area contributed by atoms with E-state index in [1.165, 1.54) is 18.3 Å². The second kappa shape index (κ2) is 9.73. The molecule has 0 atom stereocenters. The summed E-state index contributed by atoms with van der Waals surface area (Å²) in [5.41, 5.74) is 1.47. The van der Waals surface area contributed by atoms with Crippen molar-refractivity contribution in [2.75, 3.05) is 26.1 Å².